The van der Waals surface area contributed by atoms with Crippen LogP contribution < -0.4 is 0 Å². The van der Waals surface area contributed by atoms with Crippen molar-refractivity contribution in [2.45, 2.75) is 114 Å². The summed E-state index contributed by atoms with van der Waals surface area (Å²) in [5, 5.41) is 0. The molecule has 132 valence electrons. The molecule has 1 atom stereocenters. The van der Waals surface area contributed by atoms with Crippen molar-refractivity contribution < 1.29 is 0 Å². The highest BCUT2D eigenvalue weighted by atomic mass is 14.3. The molecule has 1 aliphatic rings. The third kappa shape index (κ3) is 20.0. The molecule has 1 aliphatic carbocycles. The van der Waals surface area contributed by atoms with Crippen LogP contribution in [-0.4, -0.2) is 0 Å². The van der Waals surface area contributed by atoms with Crippen LogP contribution in [0.15, 0.2) is 0 Å². The van der Waals surface area contributed by atoms with Gasteiger partial charge in [0.25, 0.3) is 0 Å². The standard InChI is InChI=1S/C7H14.C7H16.C5H12.C2H6/c1-3-7-4-6(2)5-7;1-5-7(4)6(2)3;1-3-5-4-2;1-2/h6-7H,3-5H2,1-2H3;6-7H,5H2,1-4H3;3-5H2,1-2H3;1-2H3. The molecule has 0 saturated heterocycles. The molecule has 0 aliphatic heterocycles. The van der Waals surface area contributed by atoms with Crippen LogP contribution in [0.5, 0.6) is 0 Å². The highest BCUT2D eigenvalue weighted by Gasteiger charge is 2.22. The monoisotopic (exact) mass is 300 g/mol. The fourth-order valence-electron chi connectivity index (χ4n) is 2.23. The van der Waals surface area contributed by atoms with E-state index >= 15 is 0 Å². The van der Waals surface area contributed by atoms with Gasteiger partial charge >= 0.3 is 0 Å². The third-order valence-electron chi connectivity index (χ3n) is 4.54. The van der Waals surface area contributed by atoms with Gasteiger partial charge in [-0.25, -0.2) is 0 Å². The van der Waals surface area contributed by atoms with Crippen LogP contribution in [0.2, 0.25) is 0 Å². The average Bonchev–Trinajstić information content (AvgIpc) is 2.47. The van der Waals surface area contributed by atoms with Gasteiger partial charge in [-0.3, -0.25) is 0 Å². The minimum atomic E-state index is 0.866. The van der Waals surface area contributed by atoms with Gasteiger partial charge in [-0.1, -0.05) is 101 Å². The molecule has 0 aromatic rings. The first-order valence-electron chi connectivity index (χ1n) is 9.92. The van der Waals surface area contributed by atoms with Crippen LogP contribution in [0.1, 0.15) is 114 Å². The van der Waals surface area contributed by atoms with Crippen molar-refractivity contribution in [2.24, 2.45) is 23.7 Å². The largest absolute Gasteiger partial charge is 0.0683 e. The second kappa shape index (κ2) is 20.0. The summed E-state index contributed by atoms with van der Waals surface area (Å²) >= 11 is 0. The van der Waals surface area contributed by atoms with Gasteiger partial charge in [-0.05, 0) is 36.5 Å². The zero-order valence-electron chi connectivity index (χ0n) is 17.3. The van der Waals surface area contributed by atoms with Crippen molar-refractivity contribution in [3.63, 3.8) is 0 Å². The second-order valence-corrected chi connectivity index (χ2v) is 6.83. The topological polar surface area (TPSA) is 0 Å². The molecule has 0 bridgehead atoms. The van der Waals surface area contributed by atoms with Crippen molar-refractivity contribution in [1.82, 2.24) is 0 Å². The SMILES string of the molecule is CC.CCC(C)C(C)C.CCC1CC(C)C1.CCCCC. The van der Waals surface area contributed by atoms with Crippen molar-refractivity contribution in [3.8, 4) is 0 Å². The average molecular weight is 301 g/mol. The van der Waals surface area contributed by atoms with Crippen LogP contribution in [0.4, 0.5) is 0 Å². The molecular formula is C21H48. The molecule has 21 heavy (non-hydrogen) atoms. The third-order valence-corrected chi connectivity index (χ3v) is 4.54. The Kier molecular flexibility index (Phi) is 24.7. The Labute approximate surface area is 138 Å². The zero-order chi connectivity index (χ0) is 17.3. The predicted molar refractivity (Wildman–Crippen MR) is 103 cm³/mol. The van der Waals surface area contributed by atoms with Crippen molar-refractivity contribution in [1.29, 1.82) is 0 Å². The minimum Gasteiger partial charge on any atom is -0.0683 e. The van der Waals surface area contributed by atoms with Crippen LogP contribution in [0, 0.1) is 23.7 Å². The lowest BCUT2D eigenvalue weighted by Gasteiger charge is -2.31. The molecule has 1 fully saturated rings. The van der Waals surface area contributed by atoms with Gasteiger partial charge in [0, 0.05) is 0 Å². The van der Waals surface area contributed by atoms with Gasteiger partial charge in [0.15, 0.2) is 0 Å². The zero-order valence-corrected chi connectivity index (χ0v) is 17.3. The van der Waals surface area contributed by atoms with E-state index in [-0.39, 0.29) is 0 Å². The first-order chi connectivity index (χ1) is 9.92. The normalized spacial score (nSPS) is 20.7. The van der Waals surface area contributed by atoms with E-state index < -0.39 is 0 Å². The fourth-order valence-corrected chi connectivity index (χ4v) is 2.23. The Morgan fingerprint density at radius 1 is 0.857 bits per heavy atom. The Morgan fingerprint density at radius 3 is 1.33 bits per heavy atom. The molecule has 0 aromatic heterocycles. The summed E-state index contributed by atoms with van der Waals surface area (Å²) in [5.74, 6) is 3.91. The molecule has 1 rings (SSSR count). The molecular weight excluding hydrogens is 252 g/mol. The Hall–Kier alpha value is 0. The summed E-state index contributed by atoms with van der Waals surface area (Å²) in [6.07, 6.45) is 9.79. The van der Waals surface area contributed by atoms with Gasteiger partial charge in [0.2, 0.25) is 0 Å². The van der Waals surface area contributed by atoms with Crippen molar-refractivity contribution in [2.75, 3.05) is 0 Å². The fraction of sp³-hybridized carbons (Fsp3) is 1.00. The summed E-state index contributed by atoms with van der Waals surface area (Å²) in [4.78, 5) is 0. The predicted octanol–water partition coefficient (Wildman–Crippen LogP) is 8.35. The smallest absolute Gasteiger partial charge is 0.0412 e. The molecule has 1 saturated carbocycles. The molecule has 0 aromatic carbocycles. The highest BCUT2D eigenvalue weighted by molar-refractivity contribution is 4.74. The molecule has 0 heterocycles. The van der Waals surface area contributed by atoms with Gasteiger partial charge < -0.3 is 0 Å². The van der Waals surface area contributed by atoms with Crippen LogP contribution in [0.25, 0.3) is 0 Å². The lowest BCUT2D eigenvalue weighted by molar-refractivity contribution is 0.206. The number of hydrogen-bond acceptors (Lipinski definition) is 0. The van der Waals surface area contributed by atoms with Crippen LogP contribution in [-0.2, 0) is 0 Å². The lowest BCUT2D eigenvalue weighted by Crippen LogP contribution is -2.19. The van der Waals surface area contributed by atoms with E-state index in [1.165, 1.54) is 44.9 Å². The van der Waals surface area contributed by atoms with E-state index in [1.54, 1.807) is 0 Å². The summed E-state index contributed by atoms with van der Waals surface area (Å²) in [7, 11) is 0. The molecule has 1 unspecified atom stereocenters. The van der Waals surface area contributed by atoms with E-state index in [2.05, 4.69) is 55.4 Å². The molecule has 0 spiro atoms. The van der Waals surface area contributed by atoms with E-state index in [9.17, 15) is 0 Å². The lowest BCUT2D eigenvalue weighted by atomic mass is 9.75. The van der Waals surface area contributed by atoms with Gasteiger partial charge in [0.1, 0.15) is 0 Å². The first kappa shape index (κ1) is 25.9. The Morgan fingerprint density at radius 2 is 1.29 bits per heavy atom. The molecule has 0 amide bonds. The highest BCUT2D eigenvalue weighted by Crippen LogP contribution is 2.34. The molecule has 0 nitrogen and oxygen atoms in total. The summed E-state index contributed by atoms with van der Waals surface area (Å²) in [6.45, 7) is 22.1. The Balaban J connectivity index is -0.000000222. The van der Waals surface area contributed by atoms with Crippen molar-refractivity contribution in [3.05, 3.63) is 0 Å². The molecule has 0 N–H and O–H groups in total. The minimum absolute atomic E-state index is 0.866. The molecule has 0 heteroatoms. The van der Waals surface area contributed by atoms with Gasteiger partial charge in [0.05, 0.1) is 0 Å². The van der Waals surface area contributed by atoms with Crippen LogP contribution >= 0.6 is 0 Å². The quantitative estimate of drug-likeness (QED) is 0.478. The molecule has 0 radical (unpaired) electrons. The second-order valence-electron chi connectivity index (χ2n) is 6.83. The maximum atomic E-state index is 2.34. The Bertz CT molecular complexity index is 151. The number of rotatable bonds is 5. The maximum absolute atomic E-state index is 2.34. The maximum Gasteiger partial charge on any atom is -0.0412 e. The van der Waals surface area contributed by atoms with E-state index in [1.807, 2.05) is 13.8 Å². The number of unbranched alkanes of at least 4 members (excludes halogenated alkanes) is 2. The summed E-state index contributed by atoms with van der Waals surface area (Å²) in [6, 6.07) is 0. The van der Waals surface area contributed by atoms with E-state index in [4.69, 9.17) is 0 Å². The first-order valence-corrected chi connectivity index (χ1v) is 9.92. The van der Waals surface area contributed by atoms with Gasteiger partial charge in [-0.15, -0.1) is 0 Å². The van der Waals surface area contributed by atoms with E-state index in [0.717, 1.165) is 23.7 Å². The van der Waals surface area contributed by atoms with Crippen LogP contribution in [0.3, 0.4) is 0 Å². The summed E-state index contributed by atoms with van der Waals surface area (Å²) in [5.41, 5.74) is 0. The van der Waals surface area contributed by atoms with Gasteiger partial charge in [-0.2, -0.15) is 0 Å². The number of hydrogen-bond donors (Lipinski definition) is 0. The van der Waals surface area contributed by atoms with E-state index in [0.29, 0.717) is 0 Å². The van der Waals surface area contributed by atoms with Crippen molar-refractivity contribution >= 4 is 0 Å². The summed E-state index contributed by atoms with van der Waals surface area (Å²) < 4.78 is 0.